The minimum absolute atomic E-state index is 0.0452. The molecule has 2 rings (SSSR count). The molecule has 1 heterocycles. The zero-order valence-corrected chi connectivity index (χ0v) is 9.76. The highest BCUT2D eigenvalue weighted by atomic mass is 35.5. The fourth-order valence-corrected chi connectivity index (χ4v) is 2.06. The normalized spacial score (nSPS) is 20.4. The number of hydrogen-bond donors (Lipinski definition) is 2. The highest BCUT2D eigenvalue weighted by Gasteiger charge is 2.16. The van der Waals surface area contributed by atoms with E-state index in [2.05, 4.69) is 10.6 Å². The van der Waals surface area contributed by atoms with Gasteiger partial charge in [-0.25, -0.2) is 0 Å². The summed E-state index contributed by atoms with van der Waals surface area (Å²) in [5, 5.41) is 6.86. The van der Waals surface area contributed by atoms with Crippen molar-refractivity contribution >= 4 is 17.5 Å². The Morgan fingerprint density at radius 2 is 2.38 bits per heavy atom. The molecule has 1 saturated heterocycles. The number of benzene rings is 1. The van der Waals surface area contributed by atoms with Crippen LogP contribution in [0.25, 0.3) is 0 Å². The molecule has 0 spiro atoms. The maximum absolute atomic E-state index is 11.9. The van der Waals surface area contributed by atoms with Crippen LogP contribution < -0.4 is 10.6 Å². The Hall–Kier alpha value is -1.06. The summed E-state index contributed by atoms with van der Waals surface area (Å²) in [7, 11) is 0. The molecule has 1 aromatic carbocycles. The number of halogens is 1. The van der Waals surface area contributed by atoms with Gasteiger partial charge in [0, 0.05) is 23.2 Å². The van der Waals surface area contributed by atoms with Crippen LogP contribution in [0.15, 0.2) is 24.3 Å². The van der Waals surface area contributed by atoms with E-state index < -0.39 is 0 Å². The van der Waals surface area contributed by atoms with Gasteiger partial charge in [-0.05, 0) is 37.6 Å². The van der Waals surface area contributed by atoms with Gasteiger partial charge in [0.2, 0.25) is 0 Å². The van der Waals surface area contributed by atoms with Gasteiger partial charge in [-0.15, -0.1) is 0 Å². The summed E-state index contributed by atoms with van der Waals surface area (Å²) in [4.78, 5) is 11.9. The number of carbonyl (C=O) groups excluding carboxylic acids is 1. The second-order valence-corrected chi connectivity index (χ2v) is 4.46. The summed E-state index contributed by atoms with van der Waals surface area (Å²) in [6, 6.07) is 7.25. The van der Waals surface area contributed by atoms with E-state index in [1.165, 1.54) is 0 Å². The van der Waals surface area contributed by atoms with Crippen molar-refractivity contribution in [3.8, 4) is 0 Å². The molecule has 1 aromatic rings. The number of amides is 1. The van der Waals surface area contributed by atoms with Crippen LogP contribution in [0.1, 0.15) is 23.2 Å². The third-order valence-electron chi connectivity index (χ3n) is 2.72. The Labute approximate surface area is 100 Å². The van der Waals surface area contributed by atoms with Crippen molar-refractivity contribution in [3.05, 3.63) is 34.9 Å². The van der Waals surface area contributed by atoms with E-state index in [1.807, 2.05) is 0 Å². The van der Waals surface area contributed by atoms with E-state index in [1.54, 1.807) is 24.3 Å². The molecule has 0 radical (unpaired) electrons. The monoisotopic (exact) mass is 238 g/mol. The topological polar surface area (TPSA) is 41.1 Å². The zero-order valence-electron chi connectivity index (χ0n) is 9.00. The number of piperidine rings is 1. The largest absolute Gasteiger partial charge is 0.348 e. The van der Waals surface area contributed by atoms with Gasteiger partial charge in [-0.3, -0.25) is 4.79 Å². The summed E-state index contributed by atoms with van der Waals surface area (Å²) in [6.45, 7) is 1.90. The standard InChI is InChI=1S/C12H15ClN2O/c13-10-4-1-3-9(7-10)12(16)15-11-5-2-6-14-8-11/h1,3-4,7,11,14H,2,5-6,8H2,(H,15,16)/t11-/m0/s1. The van der Waals surface area contributed by atoms with Crippen LogP contribution in [0.3, 0.4) is 0 Å². The summed E-state index contributed by atoms with van der Waals surface area (Å²) < 4.78 is 0. The third kappa shape index (κ3) is 2.97. The molecule has 2 N–H and O–H groups in total. The first kappa shape index (κ1) is 11.4. The molecule has 1 aliphatic rings. The van der Waals surface area contributed by atoms with Gasteiger partial charge in [-0.1, -0.05) is 17.7 Å². The first-order chi connectivity index (χ1) is 7.75. The average Bonchev–Trinajstić information content (AvgIpc) is 2.30. The predicted octanol–water partition coefficient (Wildman–Crippen LogP) is 1.82. The smallest absolute Gasteiger partial charge is 0.251 e. The summed E-state index contributed by atoms with van der Waals surface area (Å²) >= 11 is 5.84. The highest BCUT2D eigenvalue weighted by Crippen LogP contribution is 2.11. The third-order valence-corrected chi connectivity index (χ3v) is 2.95. The Morgan fingerprint density at radius 3 is 3.06 bits per heavy atom. The van der Waals surface area contributed by atoms with Crippen LogP contribution in [0, 0.1) is 0 Å². The summed E-state index contributed by atoms with van der Waals surface area (Å²) in [6.07, 6.45) is 2.15. The van der Waals surface area contributed by atoms with E-state index in [0.29, 0.717) is 10.6 Å². The Balaban J connectivity index is 1.97. The molecular weight excluding hydrogens is 224 g/mol. The maximum atomic E-state index is 11.9. The first-order valence-electron chi connectivity index (χ1n) is 5.53. The van der Waals surface area contributed by atoms with Crippen molar-refractivity contribution in [2.75, 3.05) is 13.1 Å². The fraction of sp³-hybridized carbons (Fsp3) is 0.417. The maximum Gasteiger partial charge on any atom is 0.251 e. The van der Waals surface area contributed by atoms with Crippen LogP contribution in [-0.4, -0.2) is 25.0 Å². The Kier molecular flexibility index (Phi) is 3.80. The van der Waals surface area contributed by atoms with E-state index in [0.717, 1.165) is 25.9 Å². The molecule has 0 aromatic heterocycles. The zero-order chi connectivity index (χ0) is 11.4. The minimum atomic E-state index is -0.0452. The lowest BCUT2D eigenvalue weighted by Gasteiger charge is -2.23. The quantitative estimate of drug-likeness (QED) is 0.825. The van der Waals surface area contributed by atoms with E-state index in [9.17, 15) is 4.79 Å². The van der Waals surface area contributed by atoms with Gasteiger partial charge in [0.15, 0.2) is 0 Å². The number of nitrogens with one attached hydrogen (secondary N) is 2. The van der Waals surface area contributed by atoms with Gasteiger partial charge in [0.1, 0.15) is 0 Å². The molecule has 1 atom stereocenters. The molecule has 1 aliphatic heterocycles. The molecule has 0 unspecified atom stereocenters. The molecule has 0 aliphatic carbocycles. The molecule has 1 amide bonds. The number of hydrogen-bond acceptors (Lipinski definition) is 2. The summed E-state index contributed by atoms with van der Waals surface area (Å²) in [5.41, 5.74) is 0.623. The molecular formula is C12H15ClN2O. The van der Waals surface area contributed by atoms with Gasteiger partial charge in [0.05, 0.1) is 0 Å². The van der Waals surface area contributed by atoms with E-state index >= 15 is 0 Å². The molecule has 1 fully saturated rings. The predicted molar refractivity (Wildman–Crippen MR) is 64.8 cm³/mol. The van der Waals surface area contributed by atoms with E-state index in [4.69, 9.17) is 11.6 Å². The van der Waals surface area contributed by atoms with Gasteiger partial charge >= 0.3 is 0 Å². The van der Waals surface area contributed by atoms with Crippen molar-refractivity contribution in [1.29, 1.82) is 0 Å². The van der Waals surface area contributed by atoms with Crippen LogP contribution >= 0.6 is 11.6 Å². The van der Waals surface area contributed by atoms with Crippen molar-refractivity contribution in [2.45, 2.75) is 18.9 Å². The van der Waals surface area contributed by atoms with Crippen molar-refractivity contribution in [1.82, 2.24) is 10.6 Å². The second-order valence-electron chi connectivity index (χ2n) is 4.03. The SMILES string of the molecule is O=C(N[C@H]1CCCNC1)c1cccc(Cl)c1. The number of rotatable bonds is 2. The average molecular weight is 239 g/mol. The second kappa shape index (κ2) is 5.32. The van der Waals surface area contributed by atoms with Crippen molar-refractivity contribution < 1.29 is 4.79 Å². The van der Waals surface area contributed by atoms with Crippen LogP contribution in [-0.2, 0) is 0 Å². The van der Waals surface area contributed by atoms with Gasteiger partial charge in [0.25, 0.3) is 5.91 Å². The van der Waals surface area contributed by atoms with Crippen LogP contribution in [0.2, 0.25) is 5.02 Å². The summed E-state index contributed by atoms with van der Waals surface area (Å²) in [5.74, 6) is -0.0452. The lowest BCUT2D eigenvalue weighted by Crippen LogP contribution is -2.45. The molecule has 16 heavy (non-hydrogen) atoms. The van der Waals surface area contributed by atoms with Crippen LogP contribution in [0.4, 0.5) is 0 Å². The molecule has 4 heteroatoms. The molecule has 3 nitrogen and oxygen atoms in total. The molecule has 86 valence electrons. The Morgan fingerprint density at radius 1 is 1.50 bits per heavy atom. The van der Waals surface area contributed by atoms with E-state index in [-0.39, 0.29) is 11.9 Å². The molecule has 0 bridgehead atoms. The number of carbonyl (C=O) groups is 1. The fourth-order valence-electron chi connectivity index (χ4n) is 1.87. The lowest BCUT2D eigenvalue weighted by molar-refractivity contribution is 0.0930. The van der Waals surface area contributed by atoms with Gasteiger partial charge in [-0.2, -0.15) is 0 Å². The van der Waals surface area contributed by atoms with Gasteiger partial charge < -0.3 is 10.6 Å². The first-order valence-corrected chi connectivity index (χ1v) is 5.90. The minimum Gasteiger partial charge on any atom is -0.348 e. The highest BCUT2D eigenvalue weighted by molar-refractivity contribution is 6.30. The van der Waals surface area contributed by atoms with Crippen molar-refractivity contribution in [3.63, 3.8) is 0 Å². The van der Waals surface area contributed by atoms with Crippen molar-refractivity contribution in [2.24, 2.45) is 0 Å². The van der Waals surface area contributed by atoms with Crippen LogP contribution in [0.5, 0.6) is 0 Å². The lowest BCUT2D eigenvalue weighted by atomic mass is 10.1. The Bertz CT molecular complexity index is 375. The molecule has 0 saturated carbocycles.